The smallest absolute Gasteiger partial charge is 0.291 e. The molecule has 1 aromatic carbocycles. The molecule has 162 valence electrons. The first-order valence-corrected chi connectivity index (χ1v) is 12.0. The second-order valence-corrected chi connectivity index (χ2v) is 9.53. The first kappa shape index (κ1) is 20.8. The number of hydrogen-bond acceptors (Lipinski definition) is 5. The van der Waals surface area contributed by atoms with Gasteiger partial charge in [0.05, 0.1) is 25.5 Å². The number of furan rings is 1. The number of nitrogens with one attached hydrogen (secondary N) is 1. The Kier molecular flexibility index (Phi) is 6.14. The topological polar surface area (TPSA) is 54.7 Å². The first-order chi connectivity index (χ1) is 15.2. The van der Waals surface area contributed by atoms with E-state index in [4.69, 9.17) is 20.8 Å². The normalized spacial score (nSPS) is 17.8. The van der Waals surface area contributed by atoms with Crippen molar-refractivity contribution in [1.82, 2.24) is 4.90 Å². The van der Waals surface area contributed by atoms with E-state index in [2.05, 4.69) is 16.3 Å². The molecule has 5 nitrogen and oxygen atoms in total. The molecule has 1 aliphatic carbocycles. The standard InChI is InChI=1S/C24H25ClN2O3S/c25-17-6-3-5-16(15-17)22(27-10-13-29-14-11-27)21-18-7-1-2-9-20(18)31-24(21)26-23(28)19-8-4-12-30-19/h3-6,8,12,15,22H,1-2,7,9-11,13-14H2,(H,26,28)/t22-/m1/s1. The highest BCUT2D eigenvalue weighted by Crippen LogP contribution is 2.46. The number of morpholine rings is 1. The summed E-state index contributed by atoms with van der Waals surface area (Å²) < 4.78 is 11.0. The van der Waals surface area contributed by atoms with Gasteiger partial charge in [-0.3, -0.25) is 9.69 Å². The van der Waals surface area contributed by atoms with Crippen LogP contribution in [0.1, 0.15) is 51.0 Å². The molecule has 1 N–H and O–H groups in total. The third-order valence-corrected chi connectivity index (χ3v) is 7.49. The second kappa shape index (κ2) is 9.17. The number of amides is 1. The molecule has 0 saturated carbocycles. The zero-order valence-corrected chi connectivity index (χ0v) is 18.8. The summed E-state index contributed by atoms with van der Waals surface area (Å²) >= 11 is 8.12. The number of rotatable bonds is 5. The summed E-state index contributed by atoms with van der Waals surface area (Å²) in [6.45, 7) is 3.09. The molecule has 1 atom stereocenters. The minimum atomic E-state index is -0.211. The summed E-state index contributed by atoms with van der Waals surface area (Å²) in [4.78, 5) is 16.7. The van der Waals surface area contributed by atoms with Gasteiger partial charge in [0, 0.05) is 28.6 Å². The Balaban J connectivity index is 1.62. The number of ether oxygens (including phenoxy) is 1. The molecular weight excluding hydrogens is 432 g/mol. The van der Waals surface area contributed by atoms with E-state index in [1.807, 2.05) is 18.2 Å². The van der Waals surface area contributed by atoms with Crippen molar-refractivity contribution in [1.29, 1.82) is 0 Å². The molecule has 31 heavy (non-hydrogen) atoms. The fourth-order valence-electron chi connectivity index (χ4n) is 4.62. The Morgan fingerprint density at radius 3 is 2.74 bits per heavy atom. The van der Waals surface area contributed by atoms with E-state index in [-0.39, 0.29) is 11.9 Å². The Morgan fingerprint density at radius 2 is 1.97 bits per heavy atom. The Hall–Kier alpha value is -2.12. The van der Waals surface area contributed by atoms with Gasteiger partial charge in [0.25, 0.3) is 5.91 Å². The zero-order valence-electron chi connectivity index (χ0n) is 17.2. The van der Waals surface area contributed by atoms with Crippen molar-refractivity contribution >= 4 is 33.8 Å². The van der Waals surface area contributed by atoms with E-state index >= 15 is 0 Å². The fourth-order valence-corrected chi connectivity index (χ4v) is 6.13. The number of halogens is 1. The van der Waals surface area contributed by atoms with Crippen molar-refractivity contribution in [3.63, 3.8) is 0 Å². The summed E-state index contributed by atoms with van der Waals surface area (Å²) in [5.74, 6) is 0.111. The Labute approximate surface area is 191 Å². The molecule has 3 aromatic rings. The summed E-state index contributed by atoms with van der Waals surface area (Å²) in [7, 11) is 0. The van der Waals surface area contributed by atoms with Crippen LogP contribution in [0.4, 0.5) is 5.00 Å². The molecule has 0 unspecified atom stereocenters. The van der Waals surface area contributed by atoms with E-state index in [0.29, 0.717) is 19.0 Å². The third kappa shape index (κ3) is 4.30. The van der Waals surface area contributed by atoms with E-state index in [9.17, 15) is 4.79 Å². The van der Waals surface area contributed by atoms with Crippen molar-refractivity contribution < 1.29 is 13.9 Å². The third-order valence-electron chi connectivity index (χ3n) is 6.03. The van der Waals surface area contributed by atoms with Crippen LogP contribution in [0, 0.1) is 0 Å². The lowest BCUT2D eigenvalue weighted by Crippen LogP contribution is -2.40. The highest BCUT2D eigenvalue weighted by molar-refractivity contribution is 7.16. The number of fused-ring (bicyclic) bond motifs is 1. The molecule has 3 heterocycles. The number of aryl methyl sites for hydroxylation is 1. The van der Waals surface area contributed by atoms with Crippen molar-refractivity contribution in [2.24, 2.45) is 0 Å². The summed E-state index contributed by atoms with van der Waals surface area (Å²) in [5, 5.41) is 4.81. The number of nitrogens with zero attached hydrogens (tertiary/aromatic N) is 1. The zero-order chi connectivity index (χ0) is 21.2. The van der Waals surface area contributed by atoms with Crippen molar-refractivity contribution in [2.75, 3.05) is 31.6 Å². The molecule has 5 rings (SSSR count). The van der Waals surface area contributed by atoms with Gasteiger partial charge in [-0.2, -0.15) is 0 Å². The quantitative estimate of drug-likeness (QED) is 0.547. The Bertz CT molecular complexity index is 1060. The molecule has 0 bridgehead atoms. The second-order valence-electron chi connectivity index (χ2n) is 7.99. The predicted molar refractivity (Wildman–Crippen MR) is 123 cm³/mol. The number of hydrogen-bond donors (Lipinski definition) is 1. The van der Waals surface area contributed by atoms with Gasteiger partial charge in [-0.15, -0.1) is 11.3 Å². The van der Waals surface area contributed by atoms with Gasteiger partial charge in [-0.1, -0.05) is 23.7 Å². The van der Waals surface area contributed by atoms with Crippen LogP contribution in [0.5, 0.6) is 0 Å². The lowest BCUT2D eigenvalue weighted by Gasteiger charge is -2.36. The maximum absolute atomic E-state index is 12.9. The number of carbonyl (C=O) groups is 1. The van der Waals surface area contributed by atoms with Crippen LogP contribution in [-0.4, -0.2) is 37.1 Å². The lowest BCUT2D eigenvalue weighted by atomic mass is 9.88. The first-order valence-electron chi connectivity index (χ1n) is 10.8. The van der Waals surface area contributed by atoms with Gasteiger partial charge in [-0.25, -0.2) is 0 Å². The van der Waals surface area contributed by atoms with Gasteiger partial charge in [-0.05, 0) is 61.1 Å². The SMILES string of the molecule is O=C(Nc1sc2c(c1[C@@H](c1cccc(Cl)c1)N1CCOCC1)CCCC2)c1ccco1. The molecule has 1 fully saturated rings. The minimum absolute atomic E-state index is 0.0209. The number of benzene rings is 1. The minimum Gasteiger partial charge on any atom is -0.459 e. The molecule has 7 heteroatoms. The molecule has 1 saturated heterocycles. The highest BCUT2D eigenvalue weighted by atomic mass is 35.5. The molecule has 0 radical (unpaired) electrons. The molecule has 1 amide bonds. The highest BCUT2D eigenvalue weighted by Gasteiger charge is 2.33. The maximum atomic E-state index is 12.9. The van der Waals surface area contributed by atoms with Crippen LogP contribution >= 0.6 is 22.9 Å². The fraction of sp³-hybridized carbons (Fsp3) is 0.375. The molecule has 1 aliphatic heterocycles. The monoisotopic (exact) mass is 456 g/mol. The number of anilines is 1. The largest absolute Gasteiger partial charge is 0.459 e. The number of thiophene rings is 1. The van der Waals surface area contributed by atoms with Gasteiger partial charge < -0.3 is 14.5 Å². The van der Waals surface area contributed by atoms with E-state index in [0.717, 1.165) is 41.5 Å². The van der Waals surface area contributed by atoms with E-state index in [1.165, 1.54) is 35.1 Å². The summed E-state index contributed by atoms with van der Waals surface area (Å²) in [5.41, 5.74) is 3.75. The van der Waals surface area contributed by atoms with Crippen molar-refractivity contribution in [3.8, 4) is 0 Å². The van der Waals surface area contributed by atoms with Gasteiger partial charge >= 0.3 is 0 Å². The van der Waals surface area contributed by atoms with Crippen LogP contribution in [0.25, 0.3) is 0 Å². The van der Waals surface area contributed by atoms with Crippen LogP contribution in [0.15, 0.2) is 47.1 Å². The average Bonchev–Trinajstić information content (AvgIpc) is 3.44. The van der Waals surface area contributed by atoms with Gasteiger partial charge in [0.1, 0.15) is 5.00 Å². The Morgan fingerprint density at radius 1 is 1.13 bits per heavy atom. The predicted octanol–water partition coefficient (Wildman–Crippen LogP) is 5.55. The summed E-state index contributed by atoms with van der Waals surface area (Å²) in [6.07, 6.45) is 6.00. The number of carbonyl (C=O) groups excluding carboxylic acids is 1. The van der Waals surface area contributed by atoms with Crippen molar-refractivity contribution in [3.05, 3.63) is 75.0 Å². The van der Waals surface area contributed by atoms with Gasteiger partial charge in [0.2, 0.25) is 0 Å². The van der Waals surface area contributed by atoms with Crippen molar-refractivity contribution in [2.45, 2.75) is 31.7 Å². The van der Waals surface area contributed by atoms with Crippen LogP contribution in [0.3, 0.4) is 0 Å². The molecule has 0 spiro atoms. The lowest BCUT2D eigenvalue weighted by molar-refractivity contribution is 0.0239. The molecule has 2 aliphatic rings. The van der Waals surface area contributed by atoms with E-state index < -0.39 is 0 Å². The average molecular weight is 457 g/mol. The summed E-state index contributed by atoms with van der Waals surface area (Å²) in [6, 6.07) is 11.5. The molecular formula is C24H25ClN2O3S. The molecule has 2 aromatic heterocycles. The van der Waals surface area contributed by atoms with E-state index in [1.54, 1.807) is 23.5 Å². The van der Waals surface area contributed by atoms with Crippen LogP contribution < -0.4 is 5.32 Å². The van der Waals surface area contributed by atoms with Gasteiger partial charge in [0.15, 0.2) is 5.76 Å². The van der Waals surface area contributed by atoms with Crippen LogP contribution in [-0.2, 0) is 17.6 Å². The van der Waals surface area contributed by atoms with Crippen LogP contribution in [0.2, 0.25) is 5.02 Å². The maximum Gasteiger partial charge on any atom is 0.291 e.